The van der Waals surface area contributed by atoms with Gasteiger partial charge in [-0.15, -0.1) is 0 Å². The Bertz CT molecular complexity index is 244. The van der Waals surface area contributed by atoms with Crippen LogP contribution in [-0.2, 0) is 0 Å². The van der Waals surface area contributed by atoms with Gasteiger partial charge in [0.1, 0.15) is 5.54 Å². The first-order chi connectivity index (χ1) is 6.91. The van der Waals surface area contributed by atoms with Crippen molar-refractivity contribution in [3.05, 3.63) is 0 Å². The molecule has 88 valence electrons. The zero-order valence-corrected chi connectivity index (χ0v) is 10.4. The van der Waals surface area contributed by atoms with Crippen molar-refractivity contribution in [2.75, 3.05) is 19.6 Å². The molecule has 0 aromatic rings. The highest BCUT2D eigenvalue weighted by atomic mass is 15.2. The van der Waals surface area contributed by atoms with Crippen LogP contribution in [-0.4, -0.2) is 35.6 Å². The van der Waals surface area contributed by atoms with E-state index in [9.17, 15) is 5.26 Å². The van der Waals surface area contributed by atoms with Gasteiger partial charge in [0.25, 0.3) is 0 Å². The Kier molecular flexibility index (Phi) is 3.75. The molecule has 0 atom stereocenters. The van der Waals surface area contributed by atoms with Crippen LogP contribution in [0.4, 0.5) is 0 Å². The van der Waals surface area contributed by atoms with Gasteiger partial charge in [-0.2, -0.15) is 5.26 Å². The van der Waals surface area contributed by atoms with E-state index in [0.717, 1.165) is 32.5 Å². The third-order valence-electron chi connectivity index (χ3n) is 2.99. The van der Waals surface area contributed by atoms with Gasteiger partial charge in [0.2, 0.25) is 0 Å². The molecule has 0 amide bonds. The largest absolute Gasteiger partial charge is 0.303 e. The normalized spacial score (nSPS) is 22.3. The van der Waals surface area contributed by atoms with E-state index in [-0.39, 0.29) is 12.5 Å². The number of rotatable bonds is 2. The number of nitriles is 1. The molecule has 3 heteroatoms. The second-order valence-electron chi connectivity index (χ2n) is 5.50. The summed E-state index contributed by atoms with van der Waals surface area (Å²) in [5.41, 5.74) is -0.284. The number of hydrogen-bond acceptors (Lipinski definition) is 3. The maximum atomic E-state index is 9.33. The summed E-state index contributed by atoms with van der Waals surface area (Å²) in [6, 6.07) is 2.48. The molecule has 0 aromatic heterocycles. The Morgan fingerprint density at radius 2 is 1.93 bits per heavy atom. The van der Waals surface area contributed by atoms with Gasteiger partial charge in [0.05, 0.1) is 6.07 Å². The van der Waals surface area contributed by atoms with Crippen LogP contribution in [0.15, 0.2) is 0 Å². The van der Waals surface area contributed by atoms with Crippen LogP contribution < -0.4 is 5.32 Å². The first-order valence-corrected chi connectivity index (χ1v) is 5.84. The third kappa shape index (κ3) is 3.48. The van der Waals surface area contributed by atoms with Crippen molar-refractivity contribution in [3.8, 4) is 6.07 Å². The molecule has 0 aromatic carbocycles. The second-order valence-corrected chi connectivity index (χ2v) is 5.50. The highest BCUT2D eigenvalue weighted by Crippen LogP contribution is 2.24. The van der Waals surface area contributed by atoms with Gasteiger partial charge < -0.3 is 4.90 Å². The Hall–Kier alpha value is -0.590. The lowest BCUT2D eigenvalue weighted by Crippen LogP contribution is -2.58. The van der Waals surface area contributed by atoms with E-state index in [1.54, 1.807) is 0 Å². The smallest absolute Gasteiger partial charge is 0.109 e. The van der Waals surface area contributed by atoms with Crippen LogP contribution in [0.1, 0.15) is 42.0 Å². The summed E-state index contributed by atoms with van der Waals surface area (Å²) in [4.78, 5) is 2.40. The number of likely N-dealkylation sites (tertiary alicyclic amines) is 1. The summed E-state index contributed by atoms with van der Waals surface area (Å²) >= 11 is 0. The summed E-state index contributed by atoms with van der Waals surface area (Å²) in [7, 11) is 0. The maximum Gasteiger partial charge on any atom is 0.109 e. The Labute approximate surface area is 94.9 Å². The number of hydrogen-bond donors (Lipinski definition) is 1. The molecule has 1 rings (SSSR count). The SMILES string of the molecule is CCN1CCC(C#N)(NC(C)(C)C)CC1.[HH]. The highest BCUT2D eigenvalue weighted by molar-refractivity contribution is 5.11. The van der Waals surface area contributed by atoms with E-state index in [2.05, 4.69) is 44.0 Å². The molecule has 0 aliphatic carbocycles. The molecule has 1 N–H and O–H groups in total. The fourth-order valence-corrected chi connectivity index (χ4v) is 2.23. The fourth-order valence-electron chi connectivity index (χ4n) is 2.23. The first kappa shape index (κ1) is 12.5. The third-order valence-corrected chi connectivity index (χ3v) is 2.99. The van der Waals surface area contributed by atoms with E-state index in [1.165, 1.54) is 0 Å². The van der Waals surface area contributed by atoms with Gasteiger partial charge in [-0.3, -0.25) is 5.32 Å². The summed E-state index contributed by atoms with van der Waals surface area (Å²) in [6.45, 7) is 11.7. The van der Waals surface area contributed by atoms with Crippen LogP contribution in [0.5, 0.6) is 0 Å². The minimum absolute atomic E-state index is 0. The van der Waals surface area contributed by atoms with Gasteiger partial charge in [0, 0.05) is 20.1 Å². The number of piperidine rings is 1. The maximum absolute atomic E-state index is 9.33. The van der Waals surface area contributed by atoms with Crippen molar-refractivity contribution in [2.24, 2.45) is 0 Å². The van der Waals surface area contributed by atoms with Gasteiger partial charge in [0.15, 0.2) is 0 Å². The predicted molar refractivity (Wildman–Crippen MR) is 64.7 cm³/mol. The molecule has 1 heterocycles. The summed E-state index contributed by atoms with van der Waals surface area (Å²) in [5, 5.41) is 12.8. The molecule has 0 radical (unpaired) electrons. The van der Waals surface area contributed by atoms with Crippen molar-refractivity contribution in [1.29, 1.82) is 5.26 Å². The summed E-state index contributed by atoms with van der Waals surface area (Å²) in [5.74, 6) is 0. The Morgan fingerprint density at radius 1 is 1.40 bits per heavy atom. The molecule has 0 unspecified atom stereocenters. The zero-order valence-electron chi connectivity index (χ0n) is 10.4. The molecule has 15 heavy (non-hydrogen) atoms. The van der Waals surface area contributed by atoms with Gasteiger partial charge in [-0.05, 0) is 40.2 Å². The molecule has 1 aliphatic heterocycles. The predicted octanol–water partition coefficient (Wildman–Crippen LogP) is 2.00. The summed E-state index contributed by atoms with van der Waals surface area (Å²) < 4.78 is 0. The van der Waals surface area contributed by atoms with Crippen LogP contribution in [0, 0.1) is 11.3 Å². The molecule has 3 nitrogen and oxygen atoms in total. The highest BCUT2D eigenvalue weighted by Gasteiger charge is 2.36. The van der Waals surface area contributed by atoms with E-state index in [4.69, 9.17) is 0 Å². The standard InChI is InChI=1S/C12H23N3.H2/c1-5-15-8-6-12(10-13,7-9-15)14-11(2,3)4;/h14H,5-9H2,1-4H3;1H. The van der Waals surface area contributed by atoms with Gasteiger partial charge in [-0.25, -0.2) is 0 Å². The van der Waals surface area contributed by atoms with Crippen molar-refractivity contribution in [2.45, 2.75) is 51.6 Å². The van der Waals surface area contributed by atoms with Crippen molar-refractivity contribution >= 4 is 0 Å². The van der Waals surface area contributed by atoms with Gasteiger partial charge in [-0.1, -0.05) is 6.92 Å². The molecule has 0 bridgehead atoms. The van der Waals surface area contributed by atoms with E-state index < -0.39 is 0 Å². The average molecular weight is 211 g/mol. The molecular formula is C12H25N3. The number of nitrogens with zero attached hydrogens (tertiary/aromatic N) is 2. The topological polar surface area (TPSA) is 39.1 Å². The fraction of sp³-hybridized carbons (Fsp3) is 0.917. The lowest BCUT2D eigenvalue weighted by atomic mass is 9.86. The first-order valence-electron chi connectivity index (χ1n) is 5.84. The van der Waals surface area contributed by atoms with Crippen LogP contribution in [0.3, 0.4) is 0 Å². The molecule has 1 fully saturated rings. The minimum Gasteiger partial charge on any atom is -0.303 e. The molecular weight excluding hydrogens is 186 g/mol. The lowest BCUT2D eigenvalue weighted by molar-refractivity contribution is 0.151. The quantitative estimate of drug-likeness (QED) is 0.759. The van der Waals surface area contributed by atoms with Crippen LogP contribution in [0.25, 0.3) is 0 Å². The van der Waals surface area contributed by atoms with Crippen molar-refractivity contribution in [1.82, 2.24) is 10.2 Å². The zero-order chi connectivity index (χ0) is 11.5. The summed E-state index contributed by atoms with van der Waals surface area (Å²) in [6.07, 6.45) is 1.88. The average Bonchev–Trinajstić information content (AvgIpc) is 2.16. The number of nitrogens with one attached hydrogen (secondary N) is 1. The Morgan fingerprint density at radius 3 is 2.27 bits per heavy atom. The van der Waals surface area contributed by atoms with Crippen molar-refractivity contribution in [3.63, 3.8) is 0 Å². The Balaban J connectivity index is 0.00000225. The minimum atomic E-state index is -0.302. The molecule has 0 spiro atoms. The second kappa shape index (κ2) is 4.51. The van der Waals surface area contributed by atoms with E-state index >= 15 is 0 Å². The molecule has 1 saturated heterocycles. The van der Waals surface area contributed by atoms with Gasteiger partial charge >= 0.3 is 0 Å². The molecule has 0 saturated carbocycles. The van der Waals surface area contributed by atoms with Crippen molar-refractivity contribution < 1.29 is 1.43 Å². The monoisotopic (exact) mass is 211 g/mol. The van der Waals surface area contributed by atoms with E-state index in [1.807, 2.05) is 0 Å². The van der Waals surface area contributed by atoms with Crippen LogP contribution >= 0.6 is 0 Å². The lowest BCUT2D eigenvalue weighted by Gasteiger charge is -2.41. The molecule has 1 aliphatic rings. The van der Waals surface area contributed by atoms with Crippen LogP contribution in [0.2, 0.25) is 0 Å². The van der Waals surface area contributed by atoms with E-state index in [0.29, 0.717) is 0 Å².